The Kier molecular flexibility index (Phi) is 5.65. The molecule has 0 fully saturated rings. The second-order valence-corrected chi connectivity index (χ2v) is 7.20. The molecule has 7 nitrogen and oxygen atoms in total. The molecule has 4 N–H and O–H groups in total. The largest absolute Gasteiger partial charge is 0.449 e. The average molecular weight is 406 g/mol. The van der Waals surface area contributed by atoms with Crippen molar-refractivity contribution in [2.24, 2.45) is 0 Å². The smallest absolute Gasteiger partial charge is 0.407 e. The van der Waals surface area contributed by atoms with Crippen molar-refractivity contribution >= 4 is 6.09 Å². The van der Waals surface area contributed by atoms with Gasteiger partial charge in [-0.1, -0.05) is 48.5 Å². The van der Waals surface area contributed by atoms with Crippen LogP contribution in [0.5, 0.6) is 0 Å². The summed E-state index contributed by atoms with van der Waals surface area (Å²) in [5, 5.41) is 22.7. The molecule has 1 aromatic heterocycles. The van der Waals surface area contributed by atoms with Gasteiger partial charge < -0.3 is 25.3 Å². The highest BCUT2D eigenvalue weighted by Crippen LogP contribution is 2.44. The first-order valence-electron chi connectivity index (χ1n) is 9.68. The number of ether oxygens (including phenoxy) is 1. The lowest BCUT2D eigenvalue weighted by Crippen LogP contribution is -2.36. The number of alkyl carbamates (subject to hydrolysis) is 1. The fourth-order valence-corrected chi connectivity index (χ4v) is 3.79. The minimum absolute atomic E-state index is 0.0620. The molecule has 0 spiro atoms. The van der Waals surface area contributed by atoms with Crippen molar-refractivity contribution in [2.75, 3.05) is 13.2 Å². The minimum Gasteiger partial charge on any atom is -0.449 e. The third-order valence-electron chi connectivity index (χ3n) is 5.28. The minimum atomic E-state index is -1.34. The van der Waals surface area contributed by atoms with Gasteiger partial charge in [-0.3, -0.25) is 4.79 Å². The van der Waals surface area contributed by atoms with Crippen LogP contribution in [0.25, 0.3) is 11.1 Å². The normalized spacial score (nSPS) is 14.5. The molecule has 0 radical (unpaired) electrons. The predicted molar refractivity (Wildman–Crippen MR) is 111 cm³/mol. The van der Waals surface area contributed by atoms with Crippen LogP contribution in [0.4, 0.5) is 4.79 Å². The number of nitrogens with one attached hydrogen (secondary N) is 2. The summed E-state index contributed by atoms with van der Waals surface area (Å²) in [7, 11) is 0. The maximum Gasteiger partial charge on any atom is 0.407 e. The van der Waals surface area contributed by atoms with Crippen LogP contribution in [0.1, 0.15) is 28.8 Å². The number of aromatic amines is 1. The average Bonchev–Trinajstić information content (AvgIpc) is 3.09. The summed E-state index contributed by atoms with van der Waals surface area (Å²) in [5.74, 6) is -0.0620. The highest BCUT2D eigenvalue weighted by atomic mass is 16.5. The number of fused-ring (bicyclic) bond motifs is 3. The van der Waals surface area contributed by atoms with E-state index in [1.807, 2.05) is 36.4 Å². The number of H-pyrrole nitrogens is 1. The summed E-state index contributed by atoms with van der Waals surface area (Å²) in [6.45, 7) is -0.0702. The molecule has 2 aromatic carbocycles. The lowest BCUT2D eigenvalue weighted by Gasteiger charge is -2.19. The van der Waals surface area contributed by atoms with Gasteiger partial charge in [0.2, 0.25) is 0 Å². The Bertz CT molecular complexity index is 1060. The van der Waals surface area contributed by atoms with Gasteiger partial charge in [-0.15, -0.1) is 0 Å². The van der Waals surface area contributed by atoms with Gasteiger partial charge in [0.05, 0.1) is 5.69 Å². The van der Waals surface area contributed by atoms with Gasteiger partial charge in [0, 0.05) is 30.8 Å². The predicted octanol–water partition coefficient (Wildman–Crippen LogP) is 2.31. The monoisotopic (exact) mass is 406 g/mol. The molecule has 0 aliphatic heterocycles. The number of benzene rings is 2. The first-order valence-corrected chi connectivity index (χ1v) is 9.68. The number of carbonyl (C=O) groups excluding carboxylic acids is 1. The Morgan fingerprint density at radius 1 is 1.03 bits per heavy atom. The first kappa shape index (κ1) is 19.9. The van der Waals surface area contributed by atoms with Crippen molar-refractivity contribution < 1.29 is 19.7 Å². The van der Waals surface area contributed by atoms with E-state index in [1.54, 1.807) is 0 Å². The molecule has 1 amide bonds. The van der Waals surface area contributed by atoms with Crippen LogP contribution in [-0.4, -0.2) is 40.5 Å². The number of carbonyl (C=O) groups is 1. The fraction of sp³-hybridized carbons (Fsp3) is 0.217. The summed E-state index contributed by atoms with van der Waals surface area (Å²) in [6, 6.07) is 18.6. The molecule has 0 saturated heterocycles. The molecule has 0 bridgehead atoms. The van der Waals surface area contributed by atoms with E-state index in [2.05, 4.69) is 22.4 Å². The van der Waals surface area contributed by atoms with E-state index in [4.69, 9.17) is 4.74 Å². The van der Waals surface area contributed by atoms with E-state index in [9.17, 15) is 19.8 Å². The summed E-state index contributed by atoms with van der Waals surface area (Å²) in [4.78, 5) is 26.2. The van der Waals surface area contributed by atoms with Crippen LogP contribution in [0, 0.1) is 0 Å². The van der Waals surface area contributed by atoms with Gasteiger partial charge in [0.1, 0.15) is 18.8 Å². The molecule has 7 heteroatoms. The lowest BCUT2D eigenvalue weighted by atomic mass is 9.98. The molecule has 0 saturated carbocycles. The maximum absolute atomic E-state index is 12.2. The number of hydrogen-bond acceptors (Lipinski definition) is 5. The number of pyridine rings is 1. The number of amides is 1. The number of aliphatic hydroxyl groups excluding tert-OH is 2. The first-order chi connectivity index (χ1) is 14.5. The lowest BCUT2D eigenvalue weighted by molar-refractivity contribution is 0.0160. The summed E-state index contributed by atoms with van der Waals surface area (Å²) in [5.41, 5.74) is 4.36. The maximum atomic E-state index is 12.2. The Morgan fingerprint density at radius 3 is 2.30 bits per heavy atom. The third kappa shape index (κ3) is 3.98. The third-order valence-corrected chi connectivity index (χ3v) is 5.28. The van der Waals surface area contributed by atoms with Crippen LogP contribution in [-0.2, 0) is 4.74 Å². The number of aliphatic hydroxyl groups is 2. The van der Waals surface area contributed by atoms with Crippen LogP contribution in [0.2, 0.25) is 0 Å². The topological polar surface area (TPSA) is 112 Å². The highest BCUT2D eigenvalue weighted by molar-refractivity contribution is 5.79. The van der Waals surface area contributed by atoms with Crippen molar-refractivity contribution in [3.8, 4) is 11.1 Å². The molecule has 154 valence electrons. The molecule has 2 atom stereocenters. The van der Waals surface area contributed by atoms with Crippen molar-refractivity contribution in [1.82, 2.24) is 10.3 Å². The highest BCUT2D eigenvalue weighted by Gasteiger charge is 2.29. The van der Waals surface area contributed by atoms with Crippen molar-refractivity contribution in [3.05, 3.63) is 93.9 Å². The van der Waals surface area contributed by atoms with E-state index in [1.165, 1.54) is 18.3 Å². The molecule has 30 heavy (non-hydrogen) atoms. The summed E-state index contributed by atoms with van der Waals surface area (Å²) >= 11 is 0. The van der Waals surface area contributed by atoms with E-state index < -0.39 is 18.3 Å². The Labute approximate surface area is 173 Å². The molecular formula is C23H22N2O5. The van der Waals surface area contributed by atoms with E-state index in [0.717, 1.165) is 22.3 Å². The number of hydrogen-bond donors (Lipinski definition) is 4. The Balaban J connectivity index is 1.35. The van der Waals surface area contributed by atoms with E-state index >= 15 is 0 Å². The van der Waals surface area contributed by atoms with Crippen LogP contribution in [0.3, 0.4) is 0 Å². The van der Waals surface area contributed by atoms with Crippen molar-refractivity contribution in [1.29, 1.82) is 0 Å². The Hall–Kier alpha value is -3.42. The second kappa shape index (κ2) is 8.52. The summed E-state index contributed by atoms with van der Waals surface area (Å²) in [6.07, 6.45) is -1.95. The van der Waals surface area contributed by atoms with Gasteiger partial charge in [-0.25, -0.2) is 4.79 Å². The molecule has 1 heterocycles. The van der Waals surface area contributed by atoms with Crippen LogP contribution < -0.4 is 10.7 Å². The number of aromatic nitrogens is 1. The zero-order valence-electron chi connectivity index (χ0n) is 16.1. The van der Waals surface area contributed by atoms with Crippen molar-refractivity contribution in [3.63, 3.8) is 0 Å². The molecule has 1 aliphatic carbocycles. The van der Waals surface area contributed by atoms with Gasteiger partial charge in [0.25, 0.3) is 0 Å². The standard InChI is InChI=1S/C23H22N2O5/c26-14-9-10-24-20(11-14)22(28)21(27)12-25-23(29)30-13-19-17-7-3-1-5-15(17)16-6-2-4-8-18(16)19/h1-11,19,21-22,27-28H,12-13H2,(H,24,26)(H,25,29). The molecule has 4 rings (SSSR count). The SMILES string of the molecule is O=C(NCC(O)C(O)c1cc(=O)cc[nH]1)OCC1c2ccccc2-c2ccccc21. The Morgan fingerprint density at radius 2 is 1.67 bits per heavy atom. The van der Waals surface area contributed by atoms with Gasteiger partial charge >= 0.3 is 6.09 Å². The number of rotatable bonds is 6. The van der Waals surface area contributed by atoms with Crippen LogP contribution >= 0.6 is 0 Å². The van der Waals surface area contributed by atoms with E-state index in [0.29, 0.717) is 0 Å². The van der Waals surface area contributed by atoms with Crippen molar-refractivity contribution in [2.45, 2.75) is 18.1 Å². The molecule has 1 aliphatic rings. The van der Waals surface area contributed by atoms with E-state index in [-0.39, 0.29) is 30.2 Å². The van der Waals surface area contributed by atoms with Gasteiger partial charge in [-0.2, -0.15) is 0 Å². The van der Waals surface area contributed by atoms with Gasteiger partial charge in [-0.05, 0) is 22.3 Å². The van der Waals surface area contributed by atoms with Gasteiger partial charge in [0.15, 0.2) is 5.43 Å². The molecular weight excluding hydrogens is 384 g/mol. The second-order valence-electron chi connectivity index (χ2n) is 7.20. The molecule has 2 unspecified atom stereocenters. The van der Waals surface area contributed by atoms with Crippen LogP contribution in [0.15, 0.2) is 71.7 Å². The summed E-state index contributed by atoms with van der Waals surface area (Å²) < 4.78 is 5.39. The fourth-order valence-electron chi connectivity index (χ4n) is 3.79. The zero-order valence-corrected chi connectivity index (χ0v) is 16.1. The quantitative estimate of drug-likeness (QED) is 0.502. The molecule has 3 aromatic rings. The zero-order chi connectivity index (χ0) is 21.1.